The van der Waals surface area contributed by atoms with Crippen LogP contribution in [0.3, 0.4) is 0 Å². The summed E-state index contributed by atoms with van der Waals surface area (Å²) in [4.78, 5) is 5.07. The first-order valence-electron chi connectivity index (χ1n) is 16.9. The zero-order chi connectivity index (χ0) is 32.2. The number of nitrogens with zero attached hydrogens (tertiary/aromatic N) is 3. The molecule has 0 aliphatic carbocycles. The number of hydrogen-bond donors (Lipinski definition) is 0. The van der Waals surface area contributed by atoms with Crippen molar-refractivity contribution in [2.24, 2.45) is 0 Å². The second-order valence-corrected chi connectivity index (χ2v) is 13.2. The lowest BCUT2D eigenvalue weighted by atomic mass is 9.89. The number of aromatic nitrogens is 3. The number of rotatable bonds is 3. The molecule has 0 fully saturated rings. The van der Waals surface area contributed by atoms with Crippen molar-refractivity contribution in [3.63, 3.8) is 0 Å². The number of para-hydroxylation sites is 2. The zero-order valence-corrected chi connectivity index (χ0v) is 26.9. The van der Waals surface area contributed by atoms with Gasteiger partial charge < -0.3 is 9.13 Å². The summed E-state index contributed by atoms with van der Waals surface area (Å²) in [6.45, 7) is 2.20. The monoisotopic (exact) mass is 623 g/mol. The first kappa shape index (κ1) is 26.6. The van der Waals surface area contributed by atoms with E-state index in [0.29, 0.717) is 0 Å². The van der Waals surface area contributed by atoms with Gasteiger partial charge >= 0.3 is 0 Å². The van der Waals surface area contributed by atoms with Crippen LogP contribution in [0.25, 0.3) is 98.6 Å². The molecule has 0 N–H and O–H groups in total. The molecule has 0 amide bonds. The van der Waals surface area contributed by atoms with E-state index in [4.69, 9.17) is 4.98 Å². The van der Waals surface area contributed by atoms with E-state index in [1.165, 1.54) is 81.7 Å². The molecule has 0 saturated heterocycles. The maximum absolute atomic E-state index is 5.07. The van der Waals surface area contributed by atoms with Gasteiger partial charge in [-0.3, -0.25) is 4.98 Å². The molecule has 3 heterocycles. The first-order chi connectivity index (χ1) is 24.2. The summed E-state index contributed by atoms with van der Waals surface area (Å²) >= 11 is 0. The number of hydrogen-bond acceptors (Lipinski definition) is 1. The Morgan fingerprint density at radius 3 is 1.82 bits per heavy atom. The van der Waals surface area contributed by atoms with Crippen molar-refractivity contribution in [2.75, 3.05) is 0 Å². The normalized spacial score (nSPS) is 12.2. The number of fused-ring (bicyclic) bond motifs is 7. The summed E-state index contributed by atoms with van der Waals surface area (Å²) in [6.07, 6.45) is 1.96. The highest BCUT2D eigenvalue weighted by molar-refractivity contribution is 6.33. The van der Waals surface area contributed by atoms with Crippen LogP contribution >= 0.6 is 0 Å². The molecule has 228 valence electrons. The van der Waals surface area contributed by atoms with Crippen LogP contribution in [0, 0.1) is 6.92 Å². The van der Waals surface area contributed by atoms with Crippen molar-refractivity contribution in [1.82, 2.24) is 14.1 Å². The molecule has 3 aromatic heterocycles. The number of benzene rings is 8. The van der Waals surface area contributed by atoms with Gasteiger partial charge in [0.1, 0.15) is 0 Å². The highest BCUT2D eigenvalue weighted by atomic mass is 15.0. The van der Waals surface area contributed by atoms with Crippen LogP contribution in [-0.4, -0.2) is 14.1 Å². The molecule has 11 rings (SSSR count). The fourth-order valence-corrected chi connectivity index (χ4v) is 8.51. The molecular weight excluding hydrogens is 595 g/mol. The van der Waals surface area contributed by atoms with Crippen molar-refractivity contribution < 1.29 is 0 Å². The molecule has 0 saturated carbocycles. The van der Waals surface area contributed by atoms with Gasteiger partial charge in [-0.05, 0) is 104 Å². The van der Waals surface area contributed by atoms with Crippen molar-refractivity contribution in [1.29, 1.82) is 0 Å². The molecule has 49 heavy (non-hydrogen) atoms. The van der Waals surface area contributed by atoms with Crippen LogP contribution in [0.2, 0.25) is 0 Å². The van der Waals surface area contributed by atoms with Crippen LogP contribution in [0.4, 0.5) is 0 Å². The third-order valence-electron chi connectivity index (χ3n) is 10.6. The fraction of sp³-hybridized carbons (Fsp3) is 0.0217. The minimum Gasteiger partial charge on any atom is -0.309 e. The van der Waals surface area contributed by atoms with Crippen LogP contribution in [-0.2, 0) is 0 Å². The Morgan fingerprint density at radius 2 is 1.06 bits per heavy atom. The van der Waals surface area contributed by atoms with E-state index in [2.05, 4.69) is 168 Å². The van der Waals surface area contributed by atoms with Gasteiger partial charge in [0.15, 0.2) is 0 Å². The third-order valence-corrected chi connectivity index (χ3v) is 10.6. The van der Waals surface area contributed by atoms with Crippen LogP contribution in [0.15, 0.2) is 158 Å². The van der Waals surface area contributed by atoms with Crippen molar-refractivity contribution in [3.8, 4) is 22.5 Å². The Morgan fingerprint density at radius 1 is 0.449 bits per heavy atom. The zero-order valence-electron chi connectivity index (χ0n) is 26.9. The summed E-state index contributed by atoms with van der Waals surface area (Å²) in [7, 11) is 0. The second kappa shape index (κ2) is 9.79. The van der Waals surface area contributed by atoms with Crippen LogP contribution < -0.4 is 0 Å². The Hall–Kier alpha value is -6.45. The predicted molar refractivity (Wildman–Crippen MR) is 207 cm³/mol. The van der Waals surface area contributed by atoms with E-state index >= 15 is 0 Å². The maximum atomic E-state index is 5.07. The van der Waals surface area contributed by atoms with Gasteiger partial charge in [0.25, 0.3) is 0 Å². The molecule has 0 atom stereocenters. The highest BCUT2D eigenvalue weighted by Gasteiger charge is 2.21. The van der Waals surface area contributed by atoms with Gasteiger partial charge in [0, 0.05) is 33.7 Å². The molecule has 0 aliphatic heterocycles. The average molecular weight is 624 g/mol. The topological polar surface area (TPSA) is 22.8 Å². The van der Waals surface area contributed by atoms with Crippen LogP contribution in [0.5, 0.6) is 0 Å². The lowest BCUT2D eigenvalue weighted by Crippen LogP contribution is -1.98. The molecule has 0 aliphatic rings. The second-order valence-electron chi connectivity index (χ2n) is 13.2. The summed E-state index contributed by atoms with van der Waals surface area (Å²) in [5.41, 5.74) is 11.8. The summed E-state index contributed by atoms with van der Waals surface area (Å²) < 4.78 is 4.80. The van der Waals surface area contributed by atoms with E-state index in [9.17, 15) is 0 Å². The van der Waals surface area contributed by atoms with E-state index in [1.807, 2.05) is 6.20 Å². The maximum Gasteiger partial charge on any atom is 0.0972 e. The first-order valence-corrected chi connectivity index (χ1v) is 16.9. The largest absolute Gasteiger partial charge is 0.309 e. The summed E-state index contributed by atoms with van der Waals surface area (Å²) in [5, 5.41) is 11.4. The van der Waals surface area contributed by atoms with Gasteiger partial charge in [0.05, 0.1) is 27.6 Å². The van der Waals surface area contributed by atoms with Crippen molar-refractivity contribution in [3.05, 3.63) is 163 Å². The smallest absolute Gasteiger partial charge is 0.0972 e. The average Bonchev–Trinajstić information content (AvgIpc) is 3.68. The molecule has 3 heteroatoms. The lowest BCUT2D eigenvalue weighted by Gasteiger charge is -2.16. The standard InChI is InChI=1S/C46H29N3/c1-28-25-26-47-45-44-38-24-16-30-15-22-34(29-9-3-2-4-10-29)37-23-17-31(43(38)42(30)37)27-41(44)49(46(28)45)33-20-18-32(19-21-33)48-39-13-7-5-11-35(39)36-12-6-8-14-40(36)48/h2-27H,1H3. The molecule has 3 nitrogen and oxygen atoms in total. The molecule has 11 aromatic rings. The van der Waals surface area contributed by atoms with Gasteiger partial charge in [-0.2, -0.15) is 0 Å². The highest BCUT2D eigenvalue weighted by Crippen LogP contribution is 2.45. The van der Waals surface area contributed by atoms with E-state index < -0.39 is 0 Å². The summed E-state index contributed by atoms with van der Waals surface area (Å²) in [6, 6.07) is 55.4. The molecule has 0 radical (unpaired) electrons. The number of pyridine rings is 1. The van der Waals surface area contributed by atoms with Crippen molar-refractivity contribution >= 4 is 76.1 Å². The lowest BCUT2D eigenvalue weighted by molar-refractivity contribution is 1.14. The van der Waals surface area contributed by atoms with Crippen molar-refractivity contribution in [2.45, 2.75) is 6.92 Å². The van der Waals surface area contributed by atoms with Gasteiger partial charge in [0.2, 0.25) is 0 Å². The van der Waals surface area contributed by atoms with Gasteiger partial charge in [-0.1, -0.05) is 103 Å². The van der Waals surface area contributed by atoms with E-state index in [-0.39, 0.29) is 0 Å². The Labute approximate surface area is 282 Å². The Balaban J connectivity index is 1.18. The minimum absolute atomic E-state index is 1.04. The van der Waals surface area contributed by atoms with Gasteiger partial charge in [-0.25, -0.2) is 0 Å². The molecule has 0 bridgehead atoms. The van der Waals surface area contributed by atoms with Gasteiger partial charge in [-0.15, -0.1) is 0 Å². The molecule has 0 unspecified atom stereocenters. The Bertz CT molecular complexity index is 3040. The summed E-state index contributed by atoms with van der Waals surface area (Å²) in [5.74, 6) is 0. The Kier molecular flexibility index (Phi) is 5.31. The number of aryl methyl sites for hydroxylation is 1. The van der Waals surface area contributed by atoms with E-state index in [1.54, 1.807) is 0 Å². The van der Waals surface area contributed by atoms with E-state index in [0.717, 1.165) is 22.4 Å². The minimum atomic E-state index is 1.04. The fourth-order valence-electron chi connectivity index (χ4n) is 8.51. The third kappa shape index (κ3) is 3.59. The molecule has 0 spiro atoms. The molecular formula is C46H29N3. The predicted octanol–water partition coefficient (Wildman–Crippen LogP) is 12.1. The molecule has 8 aromatic carbocycles. The van der Waals surface area contributed by atoms with Crippen LogP contribution in [0.1, 0.15) is 5.56 Å². The quantitative estimate of drug-likeness (QED) is 0.180. The SMILES string of the molecule is Cc1ccnc2c3c4ccc5ccc(-c6ccccc6)c6ccc(cc3n(-c3ccc(-n7c8ccccc8c8ccccc87)cc3)c12)c4c56.